The number of rotatable bonds is 3. The minimum absolute atomic E-state index is 0.158. The van der Waals surface area contributed by atoms with Gasteiger partial charge in [-0.15, -0.1) is 11.3 Å². The van der Waals surface area contributed by atoms with E-state index in [-0.39, 0.29) is 5.91 Å². The molecule has 0 aliphatic carbocycles. The van der Waals surface area contributed by atoms with Gasteiger partial charge >= 0.3 is 0 Å². The molecule has 21 heavy (non-hydrogen) atoms. The molecule has 0 saturated carbocycles. The number of thiophene rings is 1. The molecule has 0 spiro atoms. The highest BCUT2D eigenvalue weighted by atomic mass is 35.5. The Bertz CT molecular complexity index is 665. The molecule has 1 aromatic heterocycles. The third-order valence-corrected chi connectivity index (χ3v) is 4.92. The van der Waals surface area contributed by atoms with E-state index in [0.29, 0.717) is 14.2 Å². The Morgan fingerprint density at radius 3 is 2.57 bits per heavy atom. The van der Waals surface area contributed by atoms with E-state index in [2.05, 4.69) is 10.2 Å². The maximum absolute atomic E-state index is 12.3. The van der Waals surface area contributed by atoms with Gasteiger partial charge in [0.2, 0.25) is 0 Å². The van der Waals surface area contributed by atoms with Gasteiger partial charge in [0, 0.05) is 18.1 Å². The van der Waals surface area contributed by atoms with Gasteiger partial charge in [0.1, 0.15) is 0 Å². The highest BCUT2D eigenvalue weighted by Gasteiger charge is 2.18. The fraction of sp³-hybridized carbons (Fsp3) is 0.267. The predicted molar refractivity (Wildman–Crippen MR) is 90.2 cm³/mol. The van der Waals surface area contributed by atoms with Crippen molar-refractivity contribution in [3.63, 3.8) is 0 Å². The van der Waals surface area contributed by atoms with Gasteiger partial charge in [0.05, 0.1) is 20.6 Å². The van der Waals surface area contributed by atoms with E-state index in [1.54, 1.807) is 18.2 Å². The van der Waals surface area contributed by atoms with Gasteiger partial charge in [-0.25, -0.2) is 0 Å². The van der Waals surface area contributed by atoms with Crippen molar-refractivity contribution in [2.75, 3.05) is 23.3 Å². The van der Waals surface area contributed by atoms with E-state index >= 15 is 0 Å². The number of halogens is 2. The van der Waals surface area contributed by atoms with E-state index in [9.17, 15) is 4.79 Å². The van der Waals surface area contributed by atoms with Gasteiger partial charge in [-0.2, -0.15) is 0 Å². The first-order chi connectivity index (χ1) is 10.1. The molecule has 0 atom stereocenters. The second-order valence-corrected chi connectivity index (χ2v) is 7.07. The van der Waals surface area contributed by atoms with Crippen LogP contribution in [0.4, 0.5) is 11.4 Å². The summed E-state index contributed by atoms with van der Waals surface area (Å²) in [7, 11) is 0. The molecule has 1 amide bonds. The Labute approximate surface area is 137 Å². The lowest BCUT2D eigenvalue weighted by Gasteiger charge is -2.21. The van der Waals surface area contributed by atoms with Crippen molar-refractivity contribution in [1.29, 1.82) is 0 Å². The molecule has 1 saturated heterocycles. The summed E-state index contributed by atoms with van der Waals surface area (Å²) in [6.07, 6.45) is 2.35. The van der Waals surface area contributed by atoms with Crippen molar-refractivity contribution < 1.29 is 4.79 Å². The smallest absolute Gasteiger partial charge is 0.265 e. The van der Waals surface area contributed by atoms with Crippen molar-refractivity contribution in [3.05, 3.63) is 44.6 Å². The van der Waals surface area contributed by atoms with Crippen LogP contribution in [0.3, 0.4) is 0 Å². The van der Waals surface area contributed by atoms with E-state index in [4.69, 9.17) is 23.2 Å². The van der Waals surface area contributed by atoms with Gasteiger partial charge in [-0.05, 0) is 43.2 Å². The summed E-state index contributed by atoms with van der Waals surface area (Å²) in [6.45, 7) is 2.02. The van der Waals surface area contributed by atoms with Gasteiger partial charge in [0.15, 0.2) is 0 Å². The highest BCUT2D eigenvalue weighted by molar-refractivity contribution is 7.18. The Morgan fingerprint density at radius 1 is 1.14 bits per heavy atom. The second-order valence-electron chi connectivity index (χ2n) is 4.91. The van der Waals surface area contributed by atoms with Gasteiger partial charge in [-0.1, -0.05) is 23.2 Å². The molecular weight excluding hydrogens is 327 g/mol. The summed E-state index contributed by atoms with van der Waals surface area (Å²) >= 11 is 13.2. The monoisotopic (exact) mass is 340 g/mol. The zero-order chi connectivity index (χ0) is 14.8. The summed E-state index contributed by atoms with van der Waals surface area (Å²) in [5.41, 5.74) is 1.77. The van der Waals surface area contributed by atoms with Crippen LogP contribution in [0.25, 0.3) is 0 Å². The molecule has 0 unspecified atom stereocenters. The van der Waals surface area contributed by atoms with Crippen molar-refractivity contribution in [2.24, 2.45) is 0 Å². The standard InChI is InChI=1S/C15H14Cl2N2OS/c16-10-3-4-12(19-7-1-2-8-19)11(9-10)18-15(20)13-5-6-14(17)21-13/h3-6,9H,1-2,7-8H2,(H,18,20). The van der Waals surface area contributed by atoms with Crippen LogP contribution in [-0.2, 0) is 0 Å². The van der Waals surface area contributed by atoms with Gasteiger partial charge in [0.25, 0.3) is 5.91 Å². The average molecular weight is 341 g/mol. The lowest BCUT2D eigenvalue weighted by Crippen LogP contribution is -2.20. The number of benzene rings is 1. The molecule has 6 heteroatoms. The molecule has 110 valence electrons. The van der Waals surface area contributed by atoms with Crippen LogP contribution in [0.5, 0.6) is 0 Å². The summed E-state index contributed by atoms with van der Waals surface area (Å²) < 4.78 is 0.603. The molecule has 1 aliphatic rings. The topological polar surface area (TPSA) is 32.3 Å². The van der Waals surface area contributed by atoms with E-state index in [1.165, 1.54) is 24.2 Å². The van der Waals surface area contributed by atoms with E-state index in [1.807, 2.05) is 12.1 Å². The fourth-order valence-corrected chi connectivity index (χ4v) is 3.57. The Morgan fingerprint density at radius 2 is 1.90 bits per heavy atom. The summed E-state index contributed by atoms with van der Waals surface area (Å²) in [5.74, 6) is -0.158. The molecule has 1 aliphatic heterocycles. The molecule has 0 radical (unpaired) electrons. The third-order valence-electron chi connectivity index (χ3n) is 3.45. The van der Waals surface area contributed by atoms with E-state index < -0.39 is 0 Å². The number of anilines is 2. The number of hydrogen-bond donors (Lipinski definition) is 1. The van der Waals surface area contributed by atoms with Crippen molar-refractivity contribution >= 4 is 51.8 Å². The molecule has 3 nitrogen and oxygen atoms in total. The van der Waals surface area contributed by atoms with Crippen LogP contribution in [0, 0.1) is 0 Å². The van der Waals surface area contributed by atoms with Crippen molar-refractivity contribution in [2.45, 2.75) is 12.8 Å². The minimum atomic E-state index is -0.158. The largest absolute Gasteiger partial charge is 0.370 e. The molecule has 1 fully saturated rings. The SMILES string of the molecule is O=C(Nc1cc(Cl)ccc1N1CCCC1)c1ccc(Cl)s1. The minimum Gasteiger partial charge on any atom is -0.370 e. The lowest BCUT2D eigenvalue weighted by atomic mass is 10.2. The zero-order valence-corrected chi connectivity index (χ0v) is 13.6. The Kier molecular flexibility index (Phi) is 4.38. The summed E-state index contributed by atoms with van der Waals surface area (Å²) in [5, 5.41) is 3.55. The van der Waals surface area contributed by atoms with Crippen molar-refractivity contribution in [1.82, 2.24) is 0 Å². The maximum Gasteiger partial charge on any atom is 0.265 e. The second kappa shape index (κ2) is 6.26. The first kappa shape index (κ1) is 14.7. The fourth-order valence-electron chi connectivity index (χ4n) is 2.46. The van der Waals surface area contributed by atoms with E-state index in [0.717, 1.165) is 24.5 Å². The number of amides is 1. The van der Waals surface area contributed by atoms with Gasteiger partial charge < -0.3 is 10.2 Å². The molecule has 2 heterocycles. The molecule has 2 aromatic rings. The predicted octanol–water partition coefficient (Wildman–Crippen LogP) is 4.91. The maximum atomic E-state index is 12.3. The zero-order valence-electron chi connectivity index (χ0n) is 11.2. The quantitative estimate of drug-likeness (QED) is 0.860. The number of nitrogens with zero attached hydrogens (tertiary/aromatic N) is 1. The van der Waals surface area contributed by atoms with Crippen LogP contribution in [0.2, 0.25) is 9.36 Å². The number of carbonyl (C=O) groups is 1. The first-order valence-electron chi connectivity index (χ1n) is 6.75. The summed E-state index contributed by atoms with van der Waals surface area (Å²) in [4.78, 5) is 15.1. The summed E-state index contributed by atoms with van der Waals surface area (Å²) in [6, 6.07) is 9.06. The number of hydrogen-bond acceptors (Lipinski definition) is 3. The van der Waals surface area contributed by atoms with Gasteiger partial charge in [-0.3, -0.25) is 4.79 Å². The van der Waals surface area contributed by atoms with Crippen LogP contribution < -0.4 is 10.2 Å². The molecule has 1 aromatic carbocycles. The molecule has 3 rings (SSSR count). The van der Waals surface area contributed by atoms with Crippen LogP contribution in [0.15, 0.2) is 30.3 Å². The first-order valence-corrected chi connectivity index (χ1v) is 8.32. The van der Waals surface area contributed by atoms with Crippen LogP contribution >= 0.6 is 34.5 Å². The normalized spacial score (nSPS) is 14.5. The van der Waals surface area contributed by atoms with Crippen LogP contribution in [-0.4, -0.2) is 19.0 Å². The Hall–Kier alpha value is -1.23. The Balaban J connectivity index is 1.86. The number of nitrogens with one attached hydrogen (secondary N) is 1. The number of carbonyl (C=O) groups excluding carboxylic acids is 1. The molecule has 0 bridgehead atoms. The van der Waals surface area contributed by atoms with Crippen LogP contribution in [0.1, 0.15) is 22.5 Å². The molecule has 1 N–H and O–H groups in total. The lowest BCUT2D eigenvalue weighted by molar-refractivity contribution is 0.103. The highest BCUT2D eigenvalue weighted by Crippen LogP contribution is 2.32. The third kappa shape index (κ3) is 3.34. The molecular formula is C15H14Cl2N2OS. The van der Waals surface area contributed by atoms with Crippen molar-refractivity contribution in [3.8, 4) is 0 Å². The average Bonchev–Trinajstić information content (AvgIpc) is 3.10.